The van der Waals surface area contributed by atoms with E-state index in [-0.39, 0.29) is 11.7 Å². The lowest BCUT2D eigenvalue weighted by Gasteiger charge is -2.17. The van der Waals surface area contributed by atoms with Crippen LogP contribution < -0.4 is 5.73 Å². The number of nitrogens with zero attached hydrogens (tertiary/aromatic N) is 2. The highest BCUT2D eigenvalue weighted by atomic mass is 32.1. The van der Waals surface area contributed by atoms with E-state index in [1.54, 1.807) is 24.1 Å². The van der Waals surface area contributed by atoms with E-state index in [1.165, 1.54) is 11.3 Å². The second-order valence-corrected chi connectivity index (χ2v) is 5.56. The molecule has 1 heterocycles. The number of benzene rings is 1. The van der Waals surface area contributed by atoms with Crippen molar-refractivity contribution in [1.29, 1.82) is 0 Å². The third kappa shape index (κ3) is 3.41. The van der Waals surface area contributed by atoms with E-state index in [1.807, 2.05) is 29.8 Å². The molecule has 6 heteroatoms. The molecule has 2 rings (SSSR count). The number of carbonyl (C=O) groups excluding carboxylic acids is 1. The van der Waals surface area contributed by atoms with Crippen molar-refractivity contribution in [3.05, 3.63) is 57.3 Å². The summed E-state index contributed by atoms with van der Waals surface area (Å²) in [6, 6.07) is 7.28. The van der Waals surface area contributed by atoms with Gasteiger partial charge >= 0.3 is 0 Å². The van der Waals surface area contributed by atoms with Crippen LogP contribution in [-0.2, 0) is 6.54 Å². The van der Waals surface area contributed by atoms with Crippen molar-refractivity contribution < 1.29 is 10.0 Å². The van der Waals surface area contributed by atoms with Crippen molar-refractivity contribution in [1.82, 2.24) is 4.90 Å². The van der Waals surface area contributed by atoms with Gasteiger partial charge in [-0.15, -0.1) is 0 Å². The van der Waals surface area contributed by atoms with E-state index in [4.69, 9.17) is 10.9 Å². The van der Waals surface area contributed by atoms with Crippen molar-refractivity contribution in [3.63, 3.8) is 0 Å². The SMILES string of the molecule is Cc1cscc1C(=O)N(C)Cc1cccc(C(N)=NO)c1. The highest BCUT2D eigenvalue weighted by Crippen LogP contribution is 2.17. The molecule has 0 saturated carbocycles. The molecule has 1 aromatic carbocycles. The van der Waals surface area contributed by atoms with Crippen LogP contribution in [0.1, 0.15) is 27.0 Å². The maximum atomic E-state index is 12.4. The van der Waals surface area contributed by atoms with Crippen LogP contribution in [0.5, 0.6) is 0 Å². The summed E-state index contributed by atoms with van der Waals surface area (Å²) in [5.41, 5.74) is 8.84. The van der Waals surface area contributed by atoms with Gasteiger partial charge in [-0.05, 0) is 29.5 Å². The molecular formula is C15H17N3O2S. The van der Waals surface area contributed by atoms with Crippen molar-refractivity contribution in [2.45, 2.75) is 13.5 Å². The first-order valence-corrected chi connectivity index (χ1v) is 7.32. The number of amides is 1. The molecule has 5 nitrogen and oxygen atoms in total. The number of nitrogens with two attached hydrogens (primary N) is 1. The van der Waals surface area contributed by atoms with E-state index >= 15 is 0 Å². The van der Waals surface area contributed by atoms with E-state index in [0.717, 1.165) is 16.7 Å². The minimum Gasteiger partial charge on any atom is -0.409 e. The summed E-state index contributed by atoms with van der Waals surface area (Å²) in [6.45, 7) is 2.39. The molecule has 0 aliphatic carbocycles. The summed E-state index contributed by atoms with van der Waals surface area (Å²) in [5.74, 6) is 0.0439. The first-order valence-electron chi connectivity index (χ1n) is 6.38. The van der Waals surface area contributed by atoms with Crippen LogP contribution in [0.2, 0.25) is 0 Å². The van der Waals surface area contributed by atoms with Crippen LogP contribution in [-0.4, -0.2) is 28.9 Å². The Balaban J connectivity index is 2.15. The maximum absolute atomic E-state index is 12.4. The van der Waals surface area contributed by atoms with Gasteiger partial charge in [0, 0.05) is 24.5 Å². The third-order valence-corrected chi connectivity index (χ3v) is 4.04. The summed E-state index contributed by atoms with van der Waals surface area (Å²) in [7, 11) is 1.76. The van der Waals surface area contributed by atoms with Crippen molar-refractivity contribution in [3.8, 4) is 0 Å². The number of rotatable bonds is 4. The standard InChI is InChI=1S/C15H17N3O2S/c1-10-8-21-9-13(10)15(19)18(2)7-11-4-3-5-12(6-11)14(16)17-20/h3-6,8-9,20H,7H2,1-2H3,(H2,16,17). The average Bonchev–Trinajstić information content (AvgIpc) is 2.92. The van der Waals surface area contributed by atoms with Gasteiger partial charge in [-0.1, -0.05) is 23.4 Å². The Morgan fingerprint density at radius 1 is 1.43 bits per heavy atom. The zero-order chi connectivity index (χ0) is 15.4. The summed E-state index contributed by atoms with van der Waals surface area (Å²) >= 11 is 1.52. The fourth-order valence-electron chi connectivity index (χ4n) is 2.02. The van der Waals surface area contributed by atoms with Gasteiger partial charge in [-0.2, -0.15) is 11.3 Å². The molecule has 0 aliphatic heterocycles. The molecule has 1 amide bonds. The zero-order valence-electron chi connectivity index (χ0n) is 11.9. The van der Waals surface area contributed by atoms with Crippen molar-refractivity contribution >= 4 is 23.1 Å². The molecule has 0 unspecified atom stereocenters. The number of thiophene rings is 1. The molecule has 0 bridgehead atoms. The van der Waals surface area contributed by atoms with Gasteiger partial charge in [-0.3, -0.25) is 4.79 Å². The van der Waals surface area contributed by atoms with Gasteiger partial charge in [0.2, 0.25) is 0 Å². The number of amidine groups is 1. The van der Waals surface area contributed by atoms with Crippen LogP contribution >= 0.6 is 11.3 Å². The van der Waals surface area contributed by atoms with Gasteiger partial charge < -0.3 is 15.8 Å². The minimum atomic E-state index is -0.0112. The molecule has 0 aliphatic rings. The van der Waals surface area contributed by atoms with Crippen LogP contribution in [0.4, 0.5) is 0 Å². The molecule has 110 valence electrons. The fourth-order valence-corrected chi connectivity index (χ4v) is 2.84. The van der Waals surface area contributed by atoms with Crippen molar-refractivity contribution in [2.24, 2.45) is 10.9 Å². The number of oxime groups is 1. The van der Waals surface area contributed by atoms with E-state index in [2.05, 4.69) is 5.16 Å². The number of aryl methyl sites for hydroxylation is 1. The fraction of sp³-hybridized carbons (Fsp3) is 0.200. The predicted molar refractivity (Wildman–Crippen MR) is 83.8 cm³/mol. The molecule has 0 atom stereocenters. The second-order valence-electron chi connectivity index (χ2n) is 4.82. The highest BCUT2D eigenvalue weighted by Gasteiger charge is 2.15. The molecule has 1 aromatic heterocycles. The van der Waals surface area contributed by atoms with Gasteiger partial charge in [-0.25, -0.2) is 0 Å². The van der Waals surface area contributed by atoms with Crippen LogP contribution in [0.3, 0.4) is 0 Å². The topological polar surface area (TPSA) is 78.9 Å². The van der Waals surface area contributed by atoms with E-state index < -0.39 is 0 Å². The lowest BCUT2D eigenvalue weighted by atomic mass is 10.1. The first-order chi connectivity index (χ1) is 10.0. The summed E-state index contributed by atoms with van der Waals surface area (Å²) in [4.78, 5) is 14.0. The van der Waals surface area contributed by atoms with Gasteiger partial charge in [0.15, 0.2) is 5.84 Å². The first kappa shape index (κ1) is 15.1. The maximum Gasteiger partial charge on any atom is 0.255 e. The lowest BCUT2D eigenvalue weighted by Crippen LogP contribution is -2.26. The van der Waals surface area contributed by atoms with Crippen molar-refractivity contribution in [2.75, 3.05) is 7.05 Å². The van der Waals surface area contributed by atoms with Gasteiger partial charge in [0.1, 0.15) is 0 Å². The predicted octanol–water partition coefficient (Wildman–Crippen LogP) is 2.42. The van der Waals surface area contributed by atoms with E-state index in [0.29, 0.717) is 12.1 Å². The Hall–Kier alpha value is -2.34. The largest absolute Gasteiger partial charge is 0.409 e. The quantitative estimate of drug-likeness (QED) is 0.394. The van der Waals surface area contributed by atoms with Gasteiger partial charge in [0.25, 0.3) is 5.91 Å². The highest BCUT2D eigenvalue weighted by molar-refractivity contribution is 7.08. The Bertz CT molecular complexity index is 679. The molecule has 0 fully saturated rings. The number of carbonyl (C=O) groups is 1. The molecule has 0 saturated heterocycles. The molecule has 21 heavy (non-hydrogen) atoms. The molecular weight excluding hydrogens is 286 g/mol. The third-order valence-electron chi connectivity index (χ3n) is 3.18. The molecule has 2 aromatic rings. The lowest BCUT2D eigenvalue weighted by molar-refractivity contribution is 0.0785. The second kappa shape index (κ2) is 6.41. The Morgan fingerprint density at radius 3 is 2.81 bits per heavy atom. The summed E-state index contributed by atoms with van der Waals surface area (Å²) < 4.78 is 0. The normalized spacial score (nSPS) is 11.4. The Morgan fingerprint density at radius 2 is 2.19 bits per heavy atom. The molecule has 3 N–H and O–H groups in total. The smallest absolute Gasteiger partial charge is 0.255 e. The molecule has 0 radical (unpaired) electrons. The van der Waals surface area contributed by atoms with Crippen LogP contribution in [0.15, 0.2) is 40.2 Å². The average molecular weight is 303 g/mol. The number of hydrogen-bond acceptors (Lipinski definition) is 4. The number of hydrogen-bond donors (Lipinski definition) is 2. The van der Waals surface area contributed by atoms with E-state index in [9.17, 15) is 4.79 Å². The molecule has 0 spiro atoms. The monoisotopic (exact) mass is 303 g/mol. The Kier molecular flexibility index (Phi) is 4.59. The van der Waals surface area contributed by atoms with Crippen LogP contribution in [0.25, 0.3) is 0 Å². The Labute approximate surface area is 127 Å². The van der Waals surface area contributed by atoms with Crippen LogP contribution in [0, 0.1) is 6.92 Å². The zero-order valence-corrected chi connectivity index (χ0v) is 12.7. The summed E-state index contributed by atoms with van der Waals surface area (Å²) in [6.07, 6.45) is 0. The summed E-state index contributed by atoms with van der Waals surface area (Å²) in [5, 5.41) is 15.5. The minimum absolute atomic E-state index is 0.0112. The van der Waals surface area contributed by atoms with Gasteiger partial charge in [0.05, 0.1) is 5.56 Å².